The van der Waals surface area contributed by atoms with E-state index in [0.29, 0.717) is 16.7 Å². The molecule has 1 amide bonds. The smallest absolute Gasteiger partial charge is 0.335 e. The van der Waals surface area contributed by atoms with E-state index < -0.39 is 11.4 Å². The van der Waals surface area contributed by atoms with E-state index in [0.717, 1.165) is 12.8 Å². The Morgan fingerprint density at radius 1 is 1.39 bits per heavy atom. The van der Waals surface area contributed by atoms with E-state index in [2.05, 4.69) is 21.2 Å². The lowest BCUT2D eigenvalue weighted by Crippen LogP contribution is -2.30. The Bertz CT molecular complexity index is 512. The molecule has 0 aromatic heterocycles. The van der Waals surface area contributed by atoms with Crippen molar-refractivity contribution in [3.63, 3.8) is 0 Å². The summed E-state index contributed by atoms with van der Waals surface area (Å²) < 4.78 is 0.607. The molecular formula is C12H13BrN2O3. The Balaban J connectivity index is 2.19. The molecular weight excluding hydrogens is 300 g/mol. The van der Waals surface area contributed by atoms with Gasteiger partial charge in [0, 0.05) is 16.7 Å². The summed E-state index contributed by atoms with van der Waals surface area (Å²) in [6.45, 7) is 0.318. The van der Waals surface area contributed by atoms with Crippen LogP contribution in [0, 0.1) is 5.41 Å². The molecule has 1 aliphatic rings. The topological polar surface area (TPSA) is 92.4 Å². The molecule has 6 heteroatoms. The van der Waals surface area contributed by atoms with E-state index in [1.807, 2.05) is 0 Å². The molecule has 0 radical (unpaired) electrons. The molecule has 1 fully saturated rings. The van der Waals surface area contributed by atoms with Crippen molar-refractivity contribution in [2.24, 2.45) is 11.1 Å². The quantitative estimate of drug-likeness (QED) is 0.790. The van der Waals surface area contributed by atoms with Gasteiger partial charge in [0.25, 0.3) is 0 Å². The van der Waals surface area contributed by atoms with Crippen LogP contribution in [0.25, 0.3) is 0 Å². The Kier molecular flexibility index (Phi) is 3.41. The number of anilines is 1. The van der Waals surface area contributed by atoms with Crippen molar-refractivity contribution in [2.45, 2.75) is 12.8 Å². The van der Waals surface area contributed by atoms with Gasteiger partial charge in [-0.15, -0.1) is 0 Å². The molecule has 0 spiro atoms. The maximum Gasteiger partial charge on any atom is 0.335 e. The molecule has 0 unspecified atom stereocenters. The number of halogens is 1. The highest BCUT2D eigenvalue weighted by Gasteiger charge is 2.48. The Labute approximate surface area is 112 Å². The molecule has 0 saturated heterocycles. The van der Waals surface area contributed by atoms with Crippen molar-refractivity contribution < 1.29 is 14.7 Å². The molecule has 0 bridgehead atoms. The number of nitrogens with one attached hydrogen (secondary N) is 1. The molecule has 4 N–H and O–H groups in total. The van der Waals surface area contributed by atoms with Crippen LogP contribution < -0.4 is 11.1 Å². The Hall–Kier alpha value is -1.40. The zero-order valence-electron chi connectivity index (χ0n) is 9.57. The van der Waals surface area contributed by atoms with E-state index >= 15 is 0 Å². The van der Waals surface area contributed by atoms with E-state index in [1.54, 1.807) is 6.07 Å². The summed E-state index contributed by atoms with van der Waals surface area (Å²) in [7, 11) is 0. The molecule has 96 valence electrons. The first kappa shape index (κ1) is 13.0. The van der Waals surface area contributed by atoms with Gasteiger partial charge in [-0.1, -0.05) is 15.9 Å². The molecule has 0 atom stereocenters. The fourth-order valence-electron chi connectivity index (χ4n) is 1.72. The number of hydrogen-bond acceptors (Lipinski definition) is 3. The first-order valence-electron chi connectivity index (χ1n) is 5.52. The highest BCUT2D eigenvalue weighted by Crippen LogP contribution is 2.45. The van der Waals surface area contributed by atoms with Gasteiger partial charge < -0.3 is 16.2 Å². The third-order valence-electron chi connectivity index (χ3n) is 3.13. The maximum atomic E-state index is 12.0. The number of carboxylic acids is 1. The fourth-order valence-corrected chi connectivity index (χ4v) is 2.22. The van der Waals surface area contributed by atoms with Crippen LogP contribution in [-0.2, 0) is 4.79 Å². The number of rotatable bonds is 4. The van der Waals surface area contributed by atoms with Crippen molar-refractivity contribution in [1.29, 1.82) is 0 Å². The molecule has 1 aromatic rings. The van der Waals surface area contributed by atoms with Gasteiger partial charge in [-0.3, -0.25) is 4.79 Å². The minimum Gasteiger partial charge on any atom is -0.478 e. The summed E-state index contributed by atoms with van der Waals surface area (Å²) in [5, 5.41) is 11.7. The molecule has 1 aliphatic carbocycles. The van der Waals surface area contributed by atoms with Crippen molar-refractivity contribution in [2.75, 3.05) is 11.9 Å². The first-order chi connectivity index (χ1) is 8.47. The zero-order valence-corrected chi connectivity index (χ0v) is 11.2. The summed E-state index contributed by atoms with van der Waals surface area (Å²) in [5.74, 6) is -1.17. The highest BCUT2D eigenvalue weighted by atomic mass is 79.9. The van der Waals surface area contributed by atoms with Gasteiger partial charge in [0.2, 0.25) is 5.91 Å². The standard InChI is InChI=1S/C12H13BrN2O3/c13-8-3-7(10(16)17)4-9(5-8)15-11(18)12(6-14)1-2-12/h3-5H,1-2,6,14H2,(H,15,18)(H,16,17). The Morgan fingerprint density at radius 2 is 2.06 bits per heavy atom. The van der Waals surface area contributed by atoms with Crippen LogP contribution in [0.1, 0.15) is 23.2 Å². The summed E-state index contributed by atoms with van der Waals surface area (Å²) in [6, 6.07) is 4.57. The molecule has 1 aromatic carbocycles. The maximum absolute atomic E-state index is 12.0. The molecule has 5 nitrogen and oxygen atoms in total. The number of carboxylic acid groups (broad SMARTS) is 1. The normalized spacial score (nSPS) is 16.1. The lowest BCUT2D eigenvalue weighted by molar-refractivity contribution is -0.120. The molecule has 0 heterocycles. The van der Waals surface area contributed by atoms with Crippen LogP contribution in [0.5, 0.6) is 0 Å². The van der Waals surface area contributed by atoms with Crippen molar-refractivity contribution in [3.05, 3.63) is 28.2 Å². The van der Waals surface area contributed by atoms with Gasteiger partial charge in [-0.25, -0.2) is 4.79 Å². The second-order valence-corrected chi connectivity index (χ2v) is 5.39. The molecule has 0 aliphatic heterocycles. The highest BCUT2D eigenvalue weighted by molar-refractivity contribution is 9.10. The predicted octanol–water partition coefficient (Wildman–Crippen LogP) is 1.82. The van der Waals surface area contributed by atoms with Crippen LogP contribution in [0.4, 0.5) is 5.69 Å². The monoisotopic (exact) mass is 312 g/mol. The minimum absolute atomic E-state index is 0.122. The van der Waals surface area contributed by atoms with Gasteiger partial charge in [-0.05, 0) is 31.0 Å². The average Bonchev–Trinajstić information content (AvgIpc) is 3.08. The summed E-state index contributed by atoms with van der Waals surface area (Å²) in [6.07, 6.45) is 1.57. The number of benzene rings is 1. The summed E-state index contributed by atoms with van der Waals surface area (Å²) in [4.78, 5) is 22.9. The van der Waals surface area contributed by atoms with Crippen molar-refractivity contribution in [1.82, 2.24) is 0 Å². The second-order valence-electron chi connectivity index (χ2n) is 4.47. The largest absolute Gasteiger partial charge is 0.478 e. The summed E-state index contributed by atoms with van der Waals surface area (Å²) >= 11 is 3.22. The number of aromatic carboxylic acids is 1. The number of nitrogens with two attached hydrogens (primary N) is 1. The fraction of sp³-hybridized carbons (Fsp3) is 0.333. The van der Waals surface area contributed by atoms with E-state index in [1.165, 1.54) is 12.1 Å². The van der Waals surface area contributed by atoms with Crippen LogP contribution in [0.2, 0.25) is 0 Å². The van der Waals surface area contributed by atoms with Gasteiger partial charge >= 0.3 is 5.97 Å². The lowest BCUT2D eigenvalue weighted by atomic mass is 10.1. The predicted molar refractivity (Wildman–Crippen MR) is 70.5 cm³/mol. The molecule has 18 heavy (non-hydrogen) atoms. The number of carbonyl (C=O) groups excluding carboxylic acids is 1. The third-order valence-corrected chi connectivity index (χ3v) is 3.59. The lowest BCUT2D eigenvalue weighted by Gasteiger charge is -2.13. The van der Waals surface area contributed by atoms with Gasteiger partial charge in [0.05, 0.1) is 11.0 Å². The molecule has 1 saturated carbocycles. The SMILES string of the molecule is NCC1(C(=O)Nc2cc(Br)cc(C(=O)O)c2)CC1. The average molecular weight is 313 g/mol. The third kappa shape index (κ3) is 2.54. The van der Waals surface area contributed by atoms with Crippen LogP contribution in [0.3, 0.4) is 0 Å². The van der Waals surface area contributed by atoms with Crippen molar-refractivity contribution in [3.8, 4) is 0 Å². The van der Waals surface area contributed by atoms with Crippen LogP contribution in [-0.4, -0.2) is 23.5 Å². The number of amides is 1. The number of hydrogen-bond donors (Lipinski definition) is 3. The van der Waals surface area contributed by atoms with Crippen molar-refractivity contribution >= 4 is 33.5 Å². The van der Waals surface area contributed by atoms with Gasteiger partial charge in [0.1, 0.15) is 0 Å². The van der Waals surface area contributed by atoms with Crippen LogP contribution >= 0.6 is 15.9 Å². The van der Waals surface area contributed by atoms with Gasteiger partial charge in [0.15, 0.2) is 0 Å². The zero-order chi connectivity index (χ0) is 13.3. The molecule has 2 rings (SSSR count). The summed E-state index contributed by atoms with van der Waals surface area (Å²) in [5.41, 5.74) is 5.70. The van der Waals surface area contributed by atoms with E-state index in [9.17, 15) is 9.59 Å². The first-order valence-corrected chi connectivity index (χ1v) is 6.31. The Morgan fingerprint density at radius 3 is 2.56 bits per heavy atom. The van der Waals surface area contributed by atoms with Gasteiger partial charge in [-0.2, -0.15) is 0 Å². The number of carbonyl (C=O) groups is 2. The minimum atomic E-state index is -1.04. The second kappa shape index (κ2) is 4.70. The van der Waals surface area contributed by atoms with E-state index in [4.69, 9.17) is 10.8 Å². The van der Waals surface area contributed by atoms with Crippen LogP contribution in [0.15, 0.2) is 22.7 Å². The van der Waals surface area contributed by atoms with E-state index in [-0.39, 0.29) is 11.5 Å².